The Hall–Kier alpha value is -1.40. The van der Waals surface area contributed by atoms with E-state index in [1.807, 2.05) is 18.3 Å². The number of nitrogens with zero attached hydrogens (tertiary/aromatic N) is 2. The summed E-state index contributed by atoms with van der Waals surface area (Å²) in [5.41, 5.74) is 0. The molecule has 2 rings (SSSR count). The summed E-state index contributed by atoms with van der Waals surface area (Å²) in [7, 11) is 0. The van der Waals surface area contributed by atoms with Gasteiger partial charge in [-0.15, -0.1) is 16.4 Å². The lowest BCUT2D eigenvalue weighted by Crippen LogP contribution is -2.19. The van der Waals surface area contributed by atoms with Gasteiger partial charge in [-0.3, -0.25) is 0 Å². The lowest BCUT2D eigenvalue weighted by Gasteiger charge is -2.10. The van der Waals surface area contributed by atoms with E-state index >= 15 is 0 Å². The number of hydrogen-bond donors (Lipinski definition) is 2. The Morgan fingerprint density at radius 2 is 2.10 bits per heavy atom. The molecule has 2 aromatic heterocycles. The van der Waals surface area contributed by atoms with Gasteiger partial charge in [0.15, 0.2) is 0 Å². The van der Waals surface area contributed by atoms with Gasteiger partial charge in [0, 0.05) is 22.2 Å². The van der Waals surface area contributed by atoms with Crippen molar-refractivity contribution in [1.29, 1.82) is 0 Å². The Balaban J connectivity index is 1.86. The molecule has 0 saturated carbocycles. The second kappa shape index (κ2) is 7.56. The van der Waals surface area contributed by atoms with Crippen LogP contribution in [0.15, 0.2) is 16.5 Å². The van der Waals surface area contributed by atoms with Crippen LogP contribution in [0.25, 0.3) is 0 Å². The molecule has 0 aliphatic carbocycles. The normalized spacial score (nSPS) is 14.1. The second-order valence-corrected chi connectivity index (χ2v) is 6.76. The van der Waals surface area contributed by atoms with E-state index in [1.54, 1.807) is 0 Å². The van der Waals surface area contributed by atoms with E-state index < -0.39 is 0 Å². The van der Waals surface area contributed by atoms with Crippen molar-refractivity contribution in [3.05, 3.63) is 27.8 Å². The van der Waals surface area contributed by atoms with Crippen LogP contribution in [0.5, 0.6) is 0 Å². The highest BCUT2D eigenvalue weighted by atomic mass is 32.1. The van der Waals surface area contributed by atoms with Gasteiger partial charge in [0.2, 0.25) is 5.89 Å². The summed E-state index contributed by atoms with van der Waals surface area (Å²) >= 11 is 1.83. The predicted molar refractivity (Wildman–Crippen MR) is 86.9 cm³/mol. The van der Waals surface area contributed by atoms with Crippen molar-refractivity contribution < 1.29 is 4.42 Å². The first-order valence-electron chi connectivity index (χ1n) is 7.47. The van der Waals surface area contributed by atoms with Crippen molar-refractivity contribution in [3.8, 4) is 0 Å². The highest BCUT2D eigenvalue weighted by Gasteiger charge is 2.14. The molecule has 2 atom stereocenters. The van der Waals surface area contributed by atoms with Gasteiger partial charge in [0.25, 0.3) is 0 Å². The third-order valence-corrected chi connectivity index (χ3v) is 4.21. The Morgan fingerprint density at radius 3 is 2.76 bits per heavy atom. The van der Waals surface area contributed by atoms with Gasteiger partial charge in [-0.1, -0.05) is 12.0 Å². The smallest absolute Gasteiger partial charge is 0.315 e. The summed E-state index contributed by atoms with van der Waals surface area (Å²) < 4.78 is 5.66. The summed E-state index contributed by atoms with van der Waals surface area (Å²) in [6.07, 6.45) is 2.04. The molecule has 0 amide bonds. The molecule has 0 aliphatic rings. The lowest BCUT2D eigenvalue weighted by atomic mass is 10.2. The minimum Gasteiger partial charge on any atom is -0.406 e. The Morgan fingerprint density at radius 1 is 1.29 bits per heavy atom. The fraction of sp³-hybridized carbons (Fsp3) is 0.600. The van der Waals surface area contributed by atoms with Crippen LogP contribution in [0.4, 0.5) is 6.01 Å². The lowest BCUT2D eigenvalue weighted by molar-refractivity contribution is 0.421. The summed E-state index contributed by atoms with van der Waals surface area (Å²) in [5.74, 6) is 0.630. The van der Waals surface area contributed by atoms with E-state index in [4.69, 9.17) is 4.42 Å². The van der Waals surface area contributed by atoms with E-state index in [2.05, 4.69) is 53.7 Å². The molecule has 6 heteroatoms. The zero-order chi connectivity index (χ0) is 15.2. The zero-order valence-corrected chi connectivity index (χ0v) is 14.0. The molecular weight excluding hydrogens is 284 g/mol. The first-order valence-corrected chi connectivity index (χ1v) is 8.28. The van der Waals surface area contributed by atoms with Crippen LogP contribution in [-0.2, 0) is 6.42 Å². The van der Waals surface area contributed by atoms with Gasteiger partial charge in [0.05, 0.1) is 6.04 Å². The van der Waals surface area contributed by atoms with E-state index in [1.165, 1.54) is 9.75 Å². The monoisotopic (exact) mass is 308 g/mol. The van der Waals surface area contributed by atoms with Crippen LogP contribution in [0, 0.1) is 6.92 Å². The number of anilines is 1. The number of hydrogen-bond acceptors (Lipinski definition) is 6. The maximum absolute atomic E-state index is 5.66. The summed E-state index contributed by atoms with van der Waals surface area (Å²) in [5, 5.41) is 14.8. The molecule has 2 aromatic rings. The fourth-order valence-electron chi connectivity index (χ4n) is 2.07. The first-order chi connectivity index (χ1) is 10.1. The molecule has 0 radical (unpaired) electrons. The molecule has 0 bridgehead atoms. The molecule has 0 aliphatic heterocycles. The number of aryl methyl sites for hydroxylation is 1. The maximum atomic E-state index is 5.66. The predicted octanol–water partition coefficient (Wildman–Crippen LogP) is 3.54. The molecule has 0 aromatic carbocycles. The topological polar surface area (TPSA) is 63.0 Å². The van der Waals surface area contributed by atoms with Crippen molar-refractivity contribution in [3.63, 3.8) is 0 Å². The average molecular weight is 308 g/mol. The largest absolute Gasteiger partial charge is 0.406 e. The van der Waals surface area contributed by atoms with Gasteiger partial charge in [-0.2, -0.15) is 0 Å². The molecule has 2 heterocycles. The van der Waals surface area contributed by atoms with Gasteiger partial charge in [-0.25, -0.2) is 0 Å². The van der Waals surface area contributed by atoms with Gasteiger partial charge >= 0.3 is 6.01 Å². The van der Waals surface area contributed by atoms with E-state index in [-0.39, 0.29) is 12.1 Å². The van der Waals surface area contributed by atoms with Crippen LogP contribution in [0.3, 0.4) is 0 Å². The Kier molecular flexibility index (Phi) is 5.76. The number of rotatable bonds is 8. The first kappa shape index (κ1) is 16.0. The minimum absolute atomic E-state index is 0.0863. The van der Waals surface area contributed by atoms with Gasteiger partial charge < -0.3 is 15.1 Å². The molecule has 5 nitrogen and oxygen atoms in total. The van der Waals surface area contributed by atoms with Gasteiger partial charge in [0.1, 0.15) is 0 Å². The van der Waals surface area contributed by atoms with E-state index in [0.717, 1.165) is 19.4 Å². The second-order valence-electron chi connectivity index (χ2n) is 5.38. The molecule has 0 fully saturated rings. The summed E-state index contributed by atoms with van der Waals surface area (Å²) in [6, 6.07) is 5.17. The highest BCUT2D eigenvalue weighted by molar-refractivity contribution is 7.11. The van der Waals surface area contributed by atoms with E-state index in [9.17, 15) is 0 Å². The van der Waals surface area contributed by atoms with Crippen molar-refractivity contribution in [1.82, 2.24) is 15.5 Å². The van der Waals surface area contributed by atoms with E-state index in [0.29, 0.717) is 11.9 Å². The fourth-order valence-corrected chi connectivity index (χ4v) is 3.09. The highest BCUT2D eigenvalue weighted by Crippen LogP contribution is 2.19. The van der Waals surface area contributed by atoms with Crippen molar-refractivity contribution >= 4 is 17.4 Å². The molecule has 2 N–H and O–H groups in total. The molecule has 0 spiro atoms. The van der Waals surface area contributed by atoms with Gasteiger partial charge in [-0.05, 0) is 45.9 Å². The van der Waals surface area contributed by atoms with Crippen molar-refractivity contribution in [2.24, 2.45) is 0 Å². The third-order valence-electron chi connectivity index (χ3n) is 3.18. The number of nitrogens with one attached hydrogen (secondary N) is 2. The summed E-state index contributed by atoms with van der Waals surface area (Å²) in [4.78, 5) is 2.71. The maximum Gasteiger partial charge on any atom is 0.315 e. The Bertz CT molecular complexity index is 551. The van der Waals surface area contributed by atoms with Crippen molar-refractivity contribution in [2.75, 3.05) is 11.9 Å². The molecule has 116 valence electrons. The summed E-state index contributed by atoms with van der Waals surface area (Å²) in [6.45, 7) is 9.36. The minimum atomic E-state index is 0.0863. The standard InChI is InChI=1S/C15H24N4OS/c1-5-8-16-12(4)14-18-19-15(20-14)17-10(2)9-13-7-6-11(3)21-13/h6-7,10,12,16H,5,8-9H2,1-4H3,(H,17,19). The van der Waals surface area contributed by atoms with Crippen molar-refractivity contribution in [2.45, 2.75) is 52.6 Å². The third kappa shape index (κ3) is 4.82. The number of aromatic nitrogens is 2. The SMILES string of the molecule is CCCNC(C)c1nnc(NC(C)Cc2ccc(C)s2)o1. The van der Waals surface area contributed by atoms with Crippen LogP contribution in [0.1, 0.15) is 48.9 Å². The molecular formula is C15H24N4OS. The van der Waals surface area contributed by atoms with Crippen LogP contribution in [-0.4, -0.2) is 22.8 Å². The van der Waals surface area contributed by atoms with Crippen LogP contribution < -0.4 is 10.6 Å². The average Bonchev–Trinajstić information content (AvgIpc) is 3.05. The molecule has 0 saturated heterocycles. The van der Waals surface area contributed by atoms with Crippen LogP contribution in [0.2, 0.25) is 0 Å². The Labute approximate surface area is 130 Å². The zero-order valence-electron chi connectivity index (χ0n) is 13.1. The quantitative estimate of drug-likeness (QED) is 0.781. The molecule has 21 heavy (non-hydrogen) atoms. The number of thiophene rings is 1. The van der Waals surface area contributed by atoms with Crippen LogP contribution >= 0.6 is 11.3 Å². The molecule has 2 unspecified atom stereocenters.